The summed E-state index contributed by atoms with van der Waals surface area (Å²) in [5.74, 6) is 0. The van der Waals surface area contributed by atoms with E-state index in [4.69, 9.17) is 0 Å². The van der Waals surface area contributed by atoms with Gasteiger partial charge >= 0.3 is 0 Å². The van der Waals surface area contributed by atoms with Crippen LogP contribution in [-0.4, -0.2) is 10.1 Å². The zero-order valence-corrected chi connectivity index (χ0v) is 12.6. The van der Waals surface area contributed by atoms with E-state index in [9.17, 15) is 5.11 Å². The molecular weight excluding hydrogens is 314 g/mol. The highest BCUT2D eigenvalue weighted by Crippen LogP contribution is 2.32. The van der Waals surface area contributed by atoms with Crippen molar-refractivity contribution in [3.05, 3.63) is 76.0 Å². The van der Waals surface area contributed by atoms with Crippen molar-refractivity contribution in [3.63, 3.8) is 0 Å². The SMILES string of the molecule is Cc1c(Br)cccc1C(O)c1cncc2ccccc12. The average Bonchev–Trinajstić information content (AvgIpc) is 2.49. The van der Waals surface area contributed by atoms with Crippen LogP contribution in [0.1, 0.15) is 22.8 Å². The highest BCUT2D eigenvalue weighted by molar-refractivity contribution is 9.10. The van der Waals surface area contributed by atoms with Crippen LogP contribution in [-0.2, 0) is 0 Å². The first-order valence-electron chi connectivity index (χ1n) is 6.44. The van der Waals surface area contributed by atoms with Crippen LogP contribution >= 0.6 is 15.9 Å². The van der Waals surface area contributed by atoms with E-state index in [2.05, 4.69) is 20.9 Å². The molecule has 2 nitrogen and oxygen atoms in total. The lowest BCUT2D eigenvalue weighted by Crippen LogP contribution is -2.03. The van der Waals surface area contributed by atoms with Gasteiger partial charge in [0, 0.05) is 27.8 Å². The van der Waals surface area contributed by atoms with Gasteiger partial charge in [-0.05, 0) is 29.5 Å². The zero-order valence-electron chi connectivity index (χ0n) is 11.0. The van der Waals surface area contributed by atoms with E-state index in [1.165, 1.54) is 0 Å². The Labute approximate surface area is 126 Å². The predicted octanol–water partition coefficient (Wildman–Crippen LogP) is 4.39. The third-order valence-corrected chi connectivity index (χ3v) is 4.46. The molecular formula is C17H14BrNO. The summed E-state index contributed by atoms with van der Waals surface area (Å²) in [4.78, 5) is 4.24. The van der Waals surface area contributed by atoms with Crippen molar-refractivity contribution >= 4 is 26.7 Å². The van der Waals surface area contributed by atoms with Gasteiger partial charge in [0.15, 0.2) is 0 Å². The van der Waals surface area contributed by atoms with E-state index < -0.39 is 6.10 Å². The standard InChI is InChI=1S/C17H14BrNO/c1-11-13(7-4-8-16(11)18)17(20)15-10-19-9-12-5-2-3-6-14(12)15/h2-10,17,20H,1H3. The van der Waals surface area contributed by atoms with Crippen molar-refractivity contribution in [1.29, 1.82) is 0 Å². The van der Waals surface area contributed by atoms with Gasteiger partial charge in [-0.1, -0.05) is 52.3 Å². The molecule has 1 heterocycles. The Morgan fingerprint density at radius 2 is 1.80 bits per heavy atom. The number of benzene rings is 2. The van der Waals surface area contributed by atoms with Crippen LogP contribution in [0.4, 0.5) is 0 Å². The largest absolute Gasteiger partial charge is 0.384 e. The van der Waals surface area contributed by atoms with Gasteiger partial charge in [-0.15, -0.1) is 0 Å². The molecule has 2 aromatic carbocycles. The molecule has 3 rings (SSSR count). The van der Waals surface area contributed by atoms with E-state index in [1.807, 2.05) is 55.6 Å². The molecule has 3 heteroatoms. The summed E-state index contributed by atoms with van der Waals surface area (Å²) in [5, 5.41) is 12.8. The maximum absolute atomic E-state index is 10.7. The fourth-order valence-corrected chi connectivity index (χ4v) is 2.83. The molecule has 0 spiro atoms. The second-order valence-corrected chi connectivity index (χ2v) is 5.66. The van der Waals surface area contributed by atoms with E-state index >= 15 is 0 Å². The molecule has 1 unspecified atom stereocenters. The van der Waals surface area contributed by atoms with Crippen LogP contribution in [0.2, 0.25) is 0 Å². The molecule has 20 heavy (non-hydrogen) atoms. The van der Waals surface area contributed by atoms with Crippen LogP contribution in [0.5, 0.6) is 0 Å². The molecule has 1 aromatic heterocycles. The minimum absolute atomic E-state index is 0.675. The summed E-state index contributed by atoms with van der Waals surface area (Å²) in [6.07, 6.45) is 2.89. The summed E-state index contributed by atoms with van der Waals surface area (Å²) in [6.45, 7) is 2.00. The number of aromatic nitrogens is 1. The Morgan fingerprint density at radius 3 is 2.65 bits per heavy atom. The molecule has 0 radical (unpaired) electrons. The molecule has 0 aliphatic rings. The summed E-state index contributed by atoms with van der Waals surface area (Å²) >= 11 is 3.51. The lowest BCUT2D eigenvalue weighted by Gasteiger charge is -2.16. The van der Waals surface area contributed by atoms with Crippen molar-refractivity contribution in [2.45, 2.75) is 13.0 Å². The van der Waals surface area contributed by atoms with Crippen LogP contribution in [0.15, 0.2) is 59.3 Å². The Kier molecular flexibility index (Phi) is 3.55. The van der Waals surface area contributed by atoms with Crippen molar-refractivity contribution in [1.82, 2.24) is 4.98 Å². The lowest BCUT2D eigenvalue weighted by atomic mass is 9.95. The fourth-order valence-electron chi connectivity index (χ4n) is 2.45. The van der Waals surface area contributed by atoms with Crippen LogP contribution < -0.4 is 0 Å². The Balaban J connectivity index is 2.18. The molecule has 100 valence electrons. The number of pyridine rings is 1. The van der Waals surface area contributed by atoms with Crippen molar-refractivity contribution in [2.24, 2.45) is 0 Å². The molecule has 1 N–H and O–H groups in total. The smallest absolute Gasteiger partial charge is 0.106 e. The Hall–Kier alpha value is -1.71. The molecule has 0 saturated heterocycles. The van der Waals surface area contributed by atoms with Crippen molar-refractivity contribution < 1.29 is 5.11 Å². The monoisotopic (exact) mass is 327 g/mol. The third kappa shape index (κ3) is 2.23. The highest BCUT2D eigenvalue weighted by atomic mass is 79.9. The molecule has 0 aliphatic carbocycles. The van der Waals surface area contributed by atoms with Gasteiger partial charge < -0.3 is 5.11 Å². The maximum Gasteiger partial charge on any atom is 0.106 e. The topological polar surface area (TPSA) is 33.1 Å². The lowest BCUT2D eigenvalue weighted by molar-refractivity contribution is 0.220. The Bertz CT molecular complexity index is 765. The van der Waals surface area contributed by atoms with E-state index in [0.717, 1.165) is 31.9 Å². The minimum Gasteiger partial charge on any atom is -0.384 e. The van der Waals surface area contributed by atoms with Crippen molar-refractivity contribution in [3.8, 4) is 0 Å². The molecule has 0 saturated carbocycles. The molecule has 0 fully saturated rings. The molecule has 3 aromatic rings. The summed E-state index contributed by atoms with van der Waals surface area (Å²) in [7, 11) is 0. The van der Waals surface area contributed by atoms with Gasteiger partial charge in [0.25, 0.3) is 0 Å². The van der Waals surface area contributed by atoms with Crippen LogP contribution in [0.3, 0.4) is 0 Å². The number of fused-ring (bicyclic) bond motifs is 1. The molecule has 1 atom stereocenters. The van der Waals surface area contributed by atoms with Gasteiger partial charge in [-0.2, -0.15) is 0 Å². The van der Waals surface area contributed by atoms with E-state index in [-0.39, 0.29) is 0 Å². The van der Waals surface area contributed by atoms with Gasteiger partial charge in [0.05, 0.1) is 0 Å². The van der Waals surface area contributed by atoms with Crippen molar-refractivity contribution in [2.75, 3.05) is 0 Å². The first-order chi connectivity index (χ1) is 9.68. The first kappa shape index (κ1) is 13.3. The number of halogens is 1. The second kappa shape index (κ2) is 5.35. The van der Waals surface area contributed by atoms with Gasteiger partial charge in [-0.25, -0.2) is 0 Å². The van der Waals surface area contributed by atoms with E-state index in [0.29, 0.717) is 0 Å². The van der Waals surface area contributed by atoms with Crippen LogP contribution in [0, 0.1) is 6.92 Å². The number of hydrogen-bond acceptors (Lipinski definition) is 2. The van der Waals surface area contributed by atoms with Gasteiger partial charge in [-0.3, -0.25) is 4.98 Å². The summed E-state index contributed by atoms with van der Waals surface area (Å²) in [6, 6.07) is 13.8. The molecule has 0 amide bonds. The van der Waals surface area contributed by atoms with E-state index in [1.54, 1.807) is 6.20 Å². The van der Waals surface area contributed by atoms with Crippen LogP contribution in [0.25, 0.3) is 10.8 Å². The number of hydrogen-bond donors (Lipinski definition) is 1. The highest BCUT2D eigenvalue weighted by Gasteiger charge is 2.16. The predicted molar refractivity (Wildman–Crippen MR) is 84.7 cm³/mol. The first-order valence-corrected chi connectivity index (χ1v) is 7.23. The Morgan fingerprint density at radius 1 is 1.00 bits per heavy atom. The quantitative estimate of drug-likeness (QED) is 0.757. The van der Waals surface area contributed by atoms with Gasteiger partial charge in [0.1, 0.15) is 6.10 Å². The summed E-state index contributed by atoms with van der Waals surface area (Å²) in [5.41, 5.74) is 2.79. The van der Waals surface area contributed by atoms with Gasteiger partial charge in [0.2, 0.25) is 0 Å². The number of aliphatic hydroxyl groups excluding tert-OH is 1. The fraction of sp³-hybridized carbons (Fsp3) is 0.118. The number of rotatable bonds is 2. The summed E-state index contributed by atoms with van der Waals surface area (Å²) < 4.78 is 1.00. The average molecular weight is 328 g/mol. The zero-order chi connectivity index (χ0) is 14.1. The third-order valence-electron chi connectivity index (χ3n) is 3.60. The second-order valence-electron chi connectivity index (χ2n) is 4.81. The maximum atomic E-state index is 10.7. The molecule has 0 bridgehead atoms. The molecule has 0 aliphatic heterocycles. The minimum atomic E-state index is -0.675. The normalized spacial score (nSPS) is 12.6. The number of nitrogens with zero attached hydrogens (tertiary/aromatic N) is 1. The number of aliphatic hydroxyl groups is 1.